The third-order valence-corrected chi connectivity index (χ3v) is 4.70. The maximum atomic E-state index is 15.1. The highest BCUT2D eigenvalue weighted by molar-refractivity contribution is 6.12. The minimum absolute atomic E-state index is 0.218. The number of hydrogen-bond donors (Lipinski definition) is 0. The fourth-order valence-electron chi connectivity index (χ4n) is 2.95. The van der Waals surface area contributed by atoms with Crippen LogP contribution in [0.1, 0.15) is 27.6 Å². The number of rotatable bonds is 5. The van der Waals surface area contributed by atoms with Crippen LogP contribution in [0.25, 0.3) is 0 Å². The summed E-state index contributed by atoms with van der Waals surface area (Å²) in [5.41, 5.74) is -1.22. The third-order valence-electron chi connectivity index (χ3n) is 4.70. The Morgan fingerprint density at radius 3 is 2.11 bits per heavy atom. The lowest BCUT2D eigenvalue weighted by molar-refractivity contribution is -0.0423. The molecule has 3 rings (SSSR count). The second-order valence-electron chi connectivity index (χ2n) is 6.62. The molecule has 0 bridgehead atoms. The molecule has 2 aromatic rings. The van der Waals surface area contributed by atoms with Gasteiger partial charge in [-0.3, -0.25) is 0 Å². The van der Waals surface area contributed by atoms with Crippen LogP contribution in [0.4, 0.5) is 4.39 Å². The van der Waals surface area contributed by atoms with Crippen LogP contribution < -0.4 is 0 Å². The van der Waals surface area contributed by atoms with Crippen LogP contribution >= 0.6 is 0 Å². The normalized spacial score (nSPS) is 27.1. The average molecular weight is 370 g/mol. The quantitative estimate of drug-likeness (QED) is 0.596. The van der Waals surface area contributed by atoms with E-state index in [9.17, 15) is 9.59 Å². The molecule has 2 aromatic carbocycles. The fourth-order valence-corrected chi connectivity index (χ4v) is 2.95. The zero-order valence-electron chi connectivity index (χ0n) is 15.1. The first-order valence-corrected chi connectivity index (χ1v) is 8.72. The van der Waals surface area contributed by atoms with Crippen molar-refractivity contribution >= 4 is 19.8 Å². The van der Waals surface area contributed by atoms with E-state index in [2.05, 4.69) is 0 Å². The van der Waals surface area contributed by atoms with Gasteiger partial charge in [-0.25, -0.2) is 14.0 Å². The number of ether oxygens (including phenoxy) is 3. The summed E-state index contributed by atoms with van der Waals surface area (Å²) in [7, 11) is 1.56. The molecule has 4 atom stereocenters. The molecule has 5 nitrogen and oxygen atoms in total. The van der Waals surface area contributed by atoms with Crippen molar-refractivity contribution in [2.24, 2.45) is 0 Å². The van der Waals surface area contributed by atoms with Gasteiger partial charge >= 0.3 is 11.9 Å². The minimum atomic E-state index is -1.91. The number of carbonyl (C=O) groups excluding carboxylic acids is 2. The van der Waals surface area contributed by atoms with Gasteiger partial charge in [-0.05, 0) is 31.2 Å². The monoisotopic (exact) mass is 370 g/mol. The van der Waals surface area contributed by atoms with E-state index >= 15 is 4.39 Å². The van der Waals surface area contributed by atoms with E-state index < -0.39 is 35.8 Å². The molecule has 1 saturated heterocycles. The Bertz CT molecular complexity index is 797. The second-order valence-corrected chi connectivity index (χ2v) is 6.62. The Labute approximate surface area is 157 Å². The van der Waals surface area contributed by atoms with Gasteiger partial charge in [-0.2, -0.15) is 0 Å². The molecule has 0 radical (unpaired) electrons. The summed E-state index contributed by atoms with van der Waals surface area (Å²) in [4.78, 5) is 24.5. The molecule has 0 saturated carbocycles. The van der Waals surface area contributed by atoms with Gasteiger partial charge in [0.15, 0.2) is 11.8 Å². The van der Waals surface area contributed by atoms with E-state index in [1.807, 2.05) is 0 Å². The Morgan fingerprint density at radius 2 is 1.56 bits per heavy atom. The molecule has 140 valence electrons. The van der Waals surface area contributed by atoms with Crippen LogP contribution in [-0.2, 0) is 14.2 Å². The predicted octanol–water partition coefficient (Wildman–Crippen LogP) is 2.16. The van der Waals surface area contributed by atoms with Crippen LogP contribution in [0.15, 0.2) is 60.7 Å². The summed E-state index contributed by atoms with van der Waals surface area (Å²) in [6.45, 7) is 1.10. The molecule has 1 aliphatic heterocycles. The first-order chi connectivity index (χ1) is 12.9. The SMILES string of the molecule is B[C@@H]1O[C@H](COC(=O)c2ccccc2)[C@@H](OC(=O)c2ccccc2)[C@@]1(C)F. The average Bonchev–Trinajstić information content (AvgIpc) is 2.90. The molecule has 0 N–H and O–H groups in total. The van der Waals surface area contributed by atoms with Crippen molar-refractivity contribution in [3.05, 3.63) is 71.8 Å². The van der Waals surface area contributed by atoms with Crippen molar-refractivity contribution in [3.8, 4) is 0 Å². The van der Waals surface area contributed by atoms with Crippen molar-refractivity contribution in [1.82, 2.24) is 0 Å². The van der Waals surface area contributed by atoms with E-state index in [0.29, 0.717) is 11.1 Å². The highest BCUT2D eigenvalue weighted by atomic mass is 19.1. The number of carbonyl (C=O) groups is 2. The summed E-state index contributed by atoms with van der Waals surface area (Å²) >= 11 is 0. The van der Waals surface area contributed by atoms with Gasteiger partial charge < -0.3 is 14.2 Å². The molecule has 27 heavy (non-hydrogen) atoms. The number of benzene rings is 2. The van der Waals surface area contributed by atoms with Gasteiger partial charge in [-0.15, -0.1) is 0 Å². The number of halogens is 1. The molecule has 0 amide bonds. The van der Waals surface area contributed by atoms with Crippen LogP contribution in [0.2, 0.25) is 0 Å². The van der Waals surface area contributed by atoms with E-state index in [0.717, 1.165) is 0 Å². The topological polar surface area (TPSA) is 61.8 Å². The van der Waals surface area contributed by atoms with Crippen molar-refractivity contribution in [2.75, 3.05) is 6.61 Å². The summed E-state index contributed by atoms with van der Waals surface area (Å²) < 4.78 is 31.3. The molecule has 1 fully saturated rings. The fraction of sp³-hybridized carbons (Fsp3) is 0.300. The van der Waals surface area contributed by atoms with Gasteiger partial charge in [-0.1, -0.05) is 36.4 Å². The standard InChI is InChI=1S/C20H20BFO5/c1-20(22)16(27-18(24)14-10-6-3-7-11-14)15(26-19(20)21)12-25-17(23)13-8-4-2-5-9-13/h2-11,15-16,19H,12,21H2,1H3/t15-,16-,19-,20-/m1/s1. The van der Waals surface area contributed by atoms with E-state index in [1.54, 1.807) is 68.5 Å². The van der Waals surface area contributed by atoms with E-state index in [4.69, 9.17) is 14.2 Å². The highest BCUT2D eigenvalue weighted by Gasteiger charge is 2.55. The molecule has 1 heterocycles. The summed E-state index contributed by atoms with van der Waals surface area (Å²) in [5, 5.41) is 0. The first kappa shape index (κ1) is 19.1. The van der Waals surface area contributed by atoms with Crippen molar-refractivity contribution < 1.29 is 28.2 Å². The Kier molecular flexibility index (Phi) is 5.61. The zero-order valence-corrected chi connectivity index (χ0v) is 15.1. The van der Waals surface area contributed by atoms with Gasteiger partial charge in [0, 0.05) is 0 Å². The van der Waals surface area contributed by atoms with Crippen molar-refractivity contribution in [1.29, 1.82) is 0 Å². The first-order valence-electron chi connectivity index (χ1n) is 8.72. The maximum absolute atomic E-state index is 15.1. The molecule has 0 unspecified atom stereocenters. The molecular formula is C20H20BFO5. The van der Waals surface area contributed by atoms with Gasteiger partial charge in [0.1, 0.15) is 20.6 Å². The lowest BCUT2D eigenvalue weighted by Crippen LogP contribution is -2.45. The predicted molar refractivity (Wildman–Crippen MR) is 99.1 cm³/mol. The molecule has 7 heteroatoms. The van der Waals surface area contributed by atoms with E-state index in [1.165, 1.54) is 6.92 Å². The van der Waals surface area contributed by atoms with Crippen LogP contribution in [-0.4, -0.2) is 50.3 Å². The smallest absolute Gasteiger partial charge is 0.338 e. The lowest BCUT2D eigenvalue weighted by Gasteiger charge is -2.26. The zero-order chi connectivity index (χ0) is 19.4. The summed E-state index contributed by atoms with van der Waals surface area (Å²) in [5.74, 6) is -1.20. The lowest BCUT2D eigenvalue weighted by atomic mass is 9.83. The number of hydrogen-bond acceptors (Lipinski definition) is 5. The Morgan fingerprint density at radius 1 is 1.04 bits per heavy atom. The Hall–Kier alpha value is -2.67. The number of alkyl halides is 1. The summed E-state index contributed by atoms with van der Waals surface area (Å²) in [6.07, 6.45) is -2.08. The van der Waals surface area contributed by atoms with E-state index in [-0.39, 0.29) is 6.61 Å². The van der Waals surface area contributed by atoms with Gasteiger partial charge in [0.05, 0.1) is 17.1 Å². The molecule has 0 spiro atoms. The van der Waals surface area contributed by atoms with Gasteiger partial charge in [0.2, 0.25) is 0 Å². The molecule has 0 aromatic heterocycles. The van der Waals surface area contributed by atoms with Gasteiger partial charge in [0.25, 0.3) is 0 Å². The van der Waals surface area contributed by atoms with Crippen molar-refractivity contribution in [3.63, 3.8) is 0 Å². The minimum Gasteiger partial charge on any atom is -0.459 e. The highest BCUT2D eigenvalue weighted by Crippen LogP contribution is 2.36. The van der Waals surface area contributed by atoms with Crippen LogP contribution in [0.5, 0.6) is 0 Å². The third kappa shape index (κ3) is 4.19. The molecule has 0 aliphatic carbocycles. The number of esters is 2. The maximum Gasteiger partial charge on any atom is 0.338 e. The molecule has 1 aliphatic rings. The van der Waals surface area contributed by atoms with Crippen molar-refractivity contribution in [2.45, 2.75) is 30.8 Å². The molecular weight excluding hydrogens is 350 g/mol. The van der Waals surface area contributed by atoms with Crippen LogP contribution in [0.3, 0.4) is 0 Å². The summed E-state index contributed by atoms with van der Waals surface area (Å²) in [6, 6.07) is 16.0. The second kappa shape index (κ2) is 7.92. The van der Waals surface area contributed by atoms with Crippen LogP contribution in [0, 0.1) is 0 Å². The largest absolute Gasteiger partial charge is 0.459 e. The Balaban J connectivity index is 1.69.